The van der Waals surface area contributed by atoms with Crippen LogP contribution in [0.15, 0.2) is 133 Å². The molecule has 0 atom stereocenters. The highest BCUT2D eigenvalue weighted by atomic mass is 16.7. The molecule has 0 heterocycles. The van der Waals surface area contributed by atoms with Crippen LogP contribution in [0.1, 0.15) is 11.1 Å². The van der Waals surface area contributed by atoms with Crippen LogP contribution in [0.3, 0.4) is 0 Å². The second-order valence-corrected chi connectivity index (χ2v) is 9.51. The Morgan fingerprint density at radius 2 is 0.775 bits per heavy atom. The molecule has 0 fully saturated rings. The predicted molar refractivity (Wildman–Crippen MR) is 160 cm³/mol. The van der Waals surface area contributed by atoms with Crippen molar-refractivity contribution in [1.29, 1.82) is 0 Å². The molecule has 0 aliphatic carbocycles. The Balaban J connectivity index is 1.34. The van der Waals surface area contributed by atoms with Crippen LogP contribution in [0.2, 0.25) is 0 Å². The molecule has 4 heteroatoms. The number of ether oxygens (including phenoxy) is 4. The molecule has 0 spiro atoms. The molecule has 0 saturated heterocycles. The Labute approximate surface area is 234 Å². The molecule has 4 nitrogen and oxygen atoms in total. The summed E-state index contributed by atoms with van der Waals surface area (Å²) in [4.78, 5) is 0. The van der Waals surface area contributed by atoms with Crippen LogP contribution in [-0.2, 0) is 22.7 Å². The molecule has 0 radical (unpaired) electrons. The van der Waals surface area contributed by atoms with Gasteiger partial charge in [0.05, 0.1) is 13.2 Å². The lowest BCUT2D eigenvalue weighted by Gasteiger charge is -2.20. The Kier molecular flexibility index (Phi) is 7.99. The van der Waals surface area contributed by atoms with Gasteiger partial charge in [0.1, 0.15) is 11.5 Å². The Hall–Kier alpha value is -4.64. The molecule has 40 heavy (non-hydrogen) atoms. The molecule has 0 aromatic heterocycles. The SMILES string of the molecule is c1ccc(COCOc2ccc3ccccc3c2-c2c(OCOCc3ccccc3)ccc3ccccc23)cc1. The van der Waals surface area contributed by atoms with Gasteiger partial charge in [0, 0.05) is 11.1 Å². The molecule has 0 aliphatic heterocycles. The van der Waals surface area contributed by atoms with E-state index in [1.807, 2.05) is 84.9 Å². The lowest BCUT2D eigenvalue weighted by atomic mass is 9.92. The summed E-state index contributed by atoms with van der Waals surface area (Å²) >= 11 is 0. The third kappa shape index (κ3) is 5.84. The van der Waals surface area contributed by atoms with Gasteiger partial charge < -0.3 is 18.9 Å². The second-order valence-electron chi connectivity index (χ2n) is 9.51. The molecule has 198 valence electrons. The monoisotopic (exact) mass is 526 g/mol. The van der Waals surface area contributed by atoms with Crippen LogP contribution in [0.5, 0.6) is 11.5 Å². The summed E-state index contributed by atoms with van der Waals surface area (Å²) in [6, 6.07) is 45.1. The molecule has 0 amide bonds. The predicted octanol–water partition coefficient (Wildman–Crippen LogP) is 8.77. The van der Waals surface area contributed by atoms with E-state index in [9.17, 15) is 0 Å². The normalized spacial score (nSPS) is 11.1. The van der Waals surface area contributed by atoms with Crippen molar-refractivity contribution in [3.05, 3.63) is 145 Å². The van der Waals surface area contributed by atoms with Gasteiger partial charge in [0.25, 0.3) is 0 Å². The molecule has 0 N–H and O–H groups in total. The van der Waals surface area contributed by atoms with E-state index in [0.29, 0.717) is 13.2 Å². The largest absolute Gasteiger partial charge is 0.467 e. The molecule has 0 unspecified atom stereocenters. The molecule has 0 aliphatic rings. The molecule has 6 aromatic rings. The number of hydrogen-bond donors (Lipinski definition) is 0. The first-order valence-corrected chi connectivity index (χ1v) is 13.4. The summed E-state index contributed by atoms with van der Waals surface area (Å²) in [6.07, 6.45) is 0. The lowest BCUT2D eigenvalue weighted by Crippen LogP contribution is -2.06. The van der Waals surface area contributed by atoms with Gasteiger partial charge in [0.2, 0.25) is 0 Å². The maximum absolute atomic E-state index is 6.30. The Bertz CT molecular complexity index is 1570. The van der Waals surface area contributed by atoms with Crippen molar-refractivity contribution in [3.63, 3.8) is 0 Å². The van der Waals surface area contributed by atoms with Crippen LogP contribution in [0.4, 0.5) is 0 Å². The van der Waals surface area contributed by atoms with Gasteiger partial charge in [-0.15, -0.1) is 0 Å². The summed E-state index contributed by atoms with van der Waals surface area (Å²) in [5.74, 6) is 1.47. The fourth-order valence-corrected chi connectivity index (χ4v) is 4.94. The van der Waals surface area contributed by atoms with Crippen LogP contribution in [0, 0.1) is 0 Å². The molecule has 6 rings (SSSR count). The van der Waals surface area contributed by atoms with Crippen molar-refractivity contribution in [2.24, 2.45) is 0 Å². The van der Waals surface area contributed by atoms with Crippen molar-refractivity contribution in [2.75, 3.05) is 13.6 Å². The zero-order valence-corrected chi connectivity index (χ0v) is 22.2. The smallest absolute Gasteiger partial charge is 0.189 e. The molecular weight excluding hydrogens is 496 g/mol. The maximum Gasteiger partial charge on any atom is 0.189 e. The van der Waals surface area contributed by atoms with Crippen LogP contribution in [0.25, 0.3) is 32.7 Å². The van der Waals surface area contributed by atoms with Crippen molar-refractivity contribution >= 4 is 21.5 Å². The summed E-state index contributed by atoms with van der Waals surface area (Å²) in [7, 11) is 0. The standard InChI is InChI=1S/C36H30O4/c1-3-11-27(12-4-1)23-37-25-39-33-21-19-29-15-7-9-17-31(29)35(33)36-32-18-10-8-16-30(32)20-22-34(36)40-26-38-24-28-13-5-2-6-14-28/h1-22H,23-26H2. The summed E-state index contributed by atoms with van der Waals surface area (Å²) in [6.45, 7) is 1.21. The minimum Gasteiger partial charge on any atom is -0.467 e. The van der Waals surface area contributed by atoms with Crippen molar-refractivity contribution in [3.8, 4) is 22.6 Å². The summed E-state index contributed by atoms with van der Waals surface area (Å²) in [5.41, 5.74) is 4.14. The minimum atomic E-state index is 0.126. The van der Waals surface area contributed by atoms with Gasteiger partial charge >= 0.3 is 0 Å². The Morgan fingerprint density at radius 1 is 0.375 bits per heavy atom. The van der Waals surface area contributed by atoms with Gasteiger partial charge in [-0.1, -0.05) is 121 Å². The molecule has 0 bridgehead atoms. The lowest BCUT2D eigenvalue weighted by molar-refractivity contribution is 0.00430. The zero-order chi connectivity index (χ0) is 27.0. The molecule has 0 saturated carbocycles. The highest BCUT2D eigenvalue weighted by Crippen LogP contribution is 2.45. The van der Waals surface area contributed by atoms with Gasteiger partial charge in [-0.2, -0.15) is 0 Å². The highest BCUT2D eigenvalue weighted by molar-refractivity contribution is 6.09. The highest BCUT2D eigenvalue weighted by Gasteiger charge is 2.19. The van der Waals surface area contributed by atoms with E-state index in [1.165, 1.54) is 0 Å². The van der Waals surface area contributed by atoms with Crippen LogP contribution < -0.4 is 9.47 Å². The Morgan fingerprint density at radius 3 is 1.23 bits per heavy atom. The second kappa shape index (κ2) is 12.5. The van der Waals surface area contributed by atoms with Gasteiger partial charge in [-0.3, -0.25) is 0 Å². The first-order valence-electron chi connectivity index (χ1n) is 13.4. The van der Waals surface area contributed by atoms with Crippen molar-refractivity contribution in [1.82, 2.24) is 0 Å². The van der Waals surface area contributed by atoms with Crippen molar-refractivity contribution in [2.45, 2.75) is 13.2 Å². The maximum atomic E-state index is 6.30. The van der Waals surface area contributed by atoms with E-state index in [4.69, 9.17) is 18.9 Å². The number of rotatable bonds is 11. The van der Waals surface area contributed by atoms with E-state index in [2.05, 4.69) is 48.5 Å². The number of fused-ring (bicyclic) bond motifs is 2. The van der Waals surface area contributed by atoms with E-state index >= 15 is 0 Å². The first kappa shape index (κ1) is 25.6. The number of benzene rings is 6. The first-order chi connectivity index (χ1) is 19.9. The van der Waals surface area contributed by atoms with Gasteiger partial charge in [-0.05, 0) is 44.8 Å². The summed E-state index contributed by atoms with van der Waals surface area (Å²) < 4.78 is 24.4. The van der Waals surface area contributed by atoms with Crippen LogP contribution >= 0.6 is 0 Å². The van der Waals surface area contributed by atoms with Crippen LogP contribution in [-0.4, -0.2) is 13.6 Å². The topological polar surface area (TPSA) is 36.9 Å². The third-order valence-corrected chi connectivity index (χ3v) is 6.85. The average molecular weight is 527 g/mol. The van der Waals surface area contributed by atoms with Gasteiger partial charge in [-0.25, -0.2) is 0 Å². The summed E-state index contributed by atoms with van der Waals surface area (Å²) in [5, 5.41) is 4.40. The molecular formula is C36H30O4. The average Bonchev–Trinajstić information content (AvgIpc) is 3.02. The minimum absolute atomic E-state index is 0.126. The van der Waals surface area contributed by atoms with E-state index < -0.39 is 0 Å². The van der Waals surface area contributed by atoms with E-state index in [-0.39, 0.29) is 13.6 Å². The van der Waals surface area contributed by atoms with E-state index in [1.54, 1.807) is 0 Å². The fourth-order valence-electron chi connectivity index (χ4n) is 4.94. The molecule has 6 aromatic carbocycles. The van der Waals surface area contributed by atoms with E-state index in [0.717, 1.165) is 55.3 Å². The quantitative estimate of drug-likeness (QED) is 0.125. The van der Waals surface area contributed by atoms with Gasteiger partial charge in [0.15, 0.2) is 13.6 Å². The fraction of sp³-hybridized carbons (Fsp3) is 0.111. The third-order valence-electron chi connectivity index (χ3n) is 6.85. The number of hydrogen-bond acceptors (Lipinski definition) is 4. The van der Waals surface area contributed by atoms with Crippen molar-refractivity contribution < 1.29 is 18.9 Å². The zero-order valence-electron chi connectivity index (χ0n) is 22.2.